The number of ether oxygens (including phenoxy) is 1. The summed E-state index contributed by atoms with van der Waals surface area (Å²) in [4.78, 5) is 42.4. The van der Waals surface area contributed by atoms with Crippen LogP contribution in [0.5, 0.6) is 5.75 Å². The highest BCUT2D eigenvalue weighted by Gasteiger charge is 2.75. The van der Waals surface area contributed by atoms with E-state index in [4.69, 9.17) is 4.74 Å². The van der Waals surface area contributed by atoms with Gasteiger partial charge in [0.15, 0.2) is 0 Å². The molecule has 2 aromatic carbocycles. The minimum Gasteiger partial charge on any atom is -0.497 e. The number of nitrogens with zero attached hydrogens (tertiary/aromatic N) is 1. The Morgan fingerprint density at radius 3 is 2.40 bits per heavy atom. The molecule has 3 saturated heterocycles. The van der Waals surface area contributed by atoms with Crippen molar-refractivity contribution in [2.24, 2.45) is 17.8 Å². The van der Waals surface area contributed by atoms with Crippen LogP contribution in [-0.2, 0) is 14.4 Å². The van der Waals surface area contributed by atoms with E-state index >= 15 is 0 Å². The second-order valence-electron chi connectivity index (χ2n) is 9.38. The number of amides is 3. The summed E-state index contributed by atoms with van der Waals surface area (Å²) in [5.41, 5.74) is 1.27. The molecule has 0 aromatic heterocycles. The van der Waals surface area contributed by atoms with Gasteiger partial charge in [-0.25, -0.2) is 0 Å². The summed E-state index contributed by atoms with van der Waals surface area (Å²) >= 11 is 1.61. The van der Waals surface area contributed by atoms with Crippen LogP contribution in [0.25, 0.3) is 0 Å². The van der Waals surface area contributed by atoms with Crippen molar-refractivity contribution in [1.82, 2.24) is 4.90 Å². The molecule has 184 valence electrons. The largest absolute Gasteiger partial charge is 0.497 e. The van der Waals surface area contributed by atoms with E-state index in [1.165, 1.54) is 4.90 Å². The summed E-state index contributed by atoms with van der Waals surface area (Å²) < 4.78 is 4.46. The molecule has 3 aliphatic rings. The number of fused-ring (bicyclic) bond motifs is 1. The molecule has 0 saturated carbocycles. The fraction of sp³-hybridized carbons (Fsp3) is 0.423. The van der Waals surface area contributed by atoms with Crippen LogP contribution in [0.4, 0.5) is 11.4 Å². The monoisotopic (exact) mass is 495 g/mol. The van der Waals surface area contributed by atoms with Crippen LogP contribution in [0.2, 0.25) is 0 Å². The predicted molar refractivity (Wildman–Crippen MR) is 134 cm³/mol. The van der Waals surface area contributed by atoms with Gasteiger partial charge in [-0.1, -0.05) is 25.1 Å². The number of para-hydroxylation sites is 1. The predicted octanol–water partition coefficient (Wildman–Crippen LogP) is 2.60. The number of benzene rings is 2. The van der Waals surface area contributed by atoms with Crippen molar-refractivity contribution >= 4 is 40.9 Å². The Labute approximate surface area is 208 Å². The Hall–Kier alpha value is -3.04. The van der Waals surface area contributed by atoms with E-state index in [0.29, 0.717) is 17.1 Å². The van der Waals surface area contributed by atoms with E-state index in [1.54, 1.807) is 43.1 Å². The number of aliphatic hydroxyl groups is 1. The lowest BCUT2D eigenvalue weighted by atomic mass is 9.66. The summed E-state index contributed by atoms with van der Waals surface area (Å²) in [6, 6.07) is 15.4. The van der Waals surface area contributed by atoms with Crippen molar-refractivity contribution in [2.45, 2.75) is 29.4 Å². The number of carbonyl (C=O) groups is 3. The molecule has 5 rings (SSSR count). The Bertz CT molecular complexity index is 1130. The first kappa shape index (κ1) is 23.7. The Kier molecular flexibility index (Phi) is 6.23. The highest BCUT2D eigenvalue weighted by Crippen LogP contribution is 2.68. The molecule has 3 heterocycles. The second-order valence-corrected chi connectivity index (χ2v) is 10.9. The number of anilines is 2. The van der Waals surface area contributed by atoms with Crippen LogP contribution in [0, 0.1) is 17.8 Å². The Morgan fingerprint density at radius 2 is 1.74 bits per heavy atom. The number of hydrogen-bond donors (Lipinski definition) is 3. The summed E-state index contributed by atoms with van der Waals surface area (Å²) in [6.45, 7) is 1.85. The van der Waals surface area contributed by atoms with Gasteiger partial charge in [0.25, 0.3) is 0 Å². The first-order valence-corrected chi connectivity index (χ1v) is 12.7. The topological polar surface area (TPSA) is 108 Å². The highest BCUT2D eigenvalue weighted by atomic mass is 32.2. The van der Waals surface area contributed by atoms with Crippen LogP contribution >= 0.6 is 11.8 Å². The van der Waals surface area contributed by atoms with E-state index < -0.39 is 22.6 Å². The van der Waals surface area contributed by atoms with Crippen LogP contribution in [0.3, 0.4) is 0 Å². The molecule has 35 heavy (non-hydrogen) atoms. The molecule has 3 amide bonds. The average molecular weight is 496 g/mol. The third-order valence-corrected chi connectivity index (χ3v) is 9.61. The van der Waals surface area contributed by atoms with E-state index in [-0.39, 0.29) is 42.0 Å². The van der Waals surface area contributed by atoms with Gasteiger partial charge in [0, 0.05) is 23.2 Å². The fourth-order valence-electron chi connectivity index (χ4n) is 6.10. The molecule has 9 heteroatoms. The van der Waals surface area contributed by atoms with Gasteiger partial charge in [0.05, 0.1) is 30.3 Å². The molecule has 0 aliphatic carbocycles. The van der Waals surface area contributed by atoms with E-state index in [9.17, 15) is 19.5 Å². The van der Waals surface area contributed by atoms with E-state index in [2.05, 4.69) is 17.6 Å². The third kappa shape index (κ3) is 3.77. The van der Waals surface area contributed by atoms with Gasteiger partial charge >= 0.3 is 0 Å². The lowest BCUT2D eigenvalue weighted by Gasteiger charge is -2.38. The molecule has 6 atom stereocenters. The maximum atomic E-state index is 13.8. The van der Waals surface area contributed by atoms with Crippen molar-refractivity contribution in [2.75, 3.05) is 30.9 Å². The molecular formula is C26H29N3O5S. The maximum Gasteiger partial charge on any atom is 0.248 e. The number of β-amino-alcohol motifs (C(OH)–C–C–N with tert-alkyl or cyclic N) is 1. The normalized spacial score (nSPS) is 30.8. The molecule has 1 spiro atoms. The number of carbonyl (C=O) groups excluding carboxylic acids is 3. The average Bonchev–Trinajstić information content (AvgIpc) is 3.44. The van der Waals surface area contributed by atoms with Gasteiger partial charge in [-0.2, -0.15) is 0 Å². The minimum absolute atomic E-state index is 0.0444. The second kappa shape index (κ2) is 9.20. The summed E-state index contributed by atoms with van der Waals surface area (Å²) in [6.07, 6.45) is 0.751. The van der Waals surface area contributed by atoms with Gasteiger partial charge in [-0.3, -0.25) is 14.4 Å². The molecule has 0 radical (unpaired) electrons. The lowest BCUT2D eigenvalue weighted by Crippen LogP contribution is -2.55. The van der Waals surface area contributed by atoms with Gasteiger partial charge in [-0.15, -0.1) is 11.8 Å². The Morgan fingerprint density at radius 1 is 1.09 bits per heavy atom. The SMILES string of the molecule is COc1ccc(NC(=O)C2N(CCO)C(=O)[C@@H]3[C@@H](C(=O)Nc4ccccc4)[C@H]4CC(C)C23S4)cc1. The number of thioether (sulfide) groups is 1. The van der Waals surface area contributed by atoms with Crippen molar-refractivity contribution in [1.29, 1.82) is 0 Å². The zero-order chi connectivity index (χ0) is 24.7. The van der Waals surface area contributed by atoms with E-state index in [0.717, 1.165) is 6.42 Å². The van der Waals surface area contributed by atoms with Crippen molar-refractivity contribution in [3.05, 3.63) is 54.6 Å². The number of hydrogen-bond acceptors (Lipinski definition) is 6. The molecule has 3 unspecified atom stereocenters. The van der Waals surface area contributed by atoms with Gasteiger partial charge in [-0.05, 0) is 48.7 Å². The summed E-state index contributed by atoms with van der Waals surface area (Å²) in [7, 11) is 1.57. The molecule has 3 aliphatic heterocycles. The van der Waals surface area contributed by atoms with Crippen molar-refractivity contribution in [3.63, 3.8) is 0 Å². The number of aliphatic hydroxyl groups excluding tert-OH is 1. The molecule has 3 fully saturated rings. The van der Waals surface area contributed by atoms with Gasteiger partial charge < -0.3 is 25.4 Å². The molecular weight excluding hydrogens is 466 g/mol. The van der Waals surface area contributed by atoms with Crippen LogP contribution in [-0.4, -0.2) is 64.0 Å². The zero-order valence-corrected chi connectivity index (χ0v) is 20.5. The Balaban J connectivity index is 1.47. The quantitative estimate of drug-likeness (QED) is 0.545. The minimum atomic E-state index is -0.784. The van der Waals surface area contributed by atoms with E-state index in [1.807, 2.05) is 30.3 Å². The van der Waals surface area contributed by atoms with Crippen molar-refractivity contribution in [3.8, 4) is 5.75 Å². The fourth-order valence-corrected chi connectivity index (χ4v) is 8.52. The molecule has 3 N–H and O–H groups in total. The standard InChI is InChI=1S/C26H29N3O5S/c1-15-14-19-20(23(31)27-16-6-4-3-5-7-16)21-25(33)29(12-13-30)22(26(15,21)35-19)24(32)28-17-8-10-18(34-2)11-9-17/h3-11,15,19-22,30H,12-14H2,1-2H3,(H,27,31)(H,28,32)/t15?,19-,20+,21+,22?,26?/m1/s1. The lowest BCUT2D eigenvalue weighted by molar-refractivity contribution is -0.138. The van der Waals surface area contributed by atoms with Crippen molar-refractivity contribution < 1.29 is 24.2 Å². The smallest absolute Gasteiger partial charge is 0.248 e. The molecule has 8 nitrogen and oxygen atoms in total. The van der Waals surface area contributed by atoms with Gasteiger partial charge in [0.2, 0.25) is 17.7 Å². The number of likely N-dealkylation sites (tertiary alicyclic amines) is 1. The zero-order valence-electron chi connectivity index (χ0n) is 19.6. The number of nitrogens with one attached hydrogen (secondary N) is 2. The van der Waals surface area contributed by atoms with Gasteiger partial charge in [0.1, 0.15) is 11.8 Å². The van der Waals surface area contributed by atoms with Crippen LogP contribution < -0.4 is 15.4 Å². The number of rotatable bonds is 7. The third-order valence-electron chi connectivity index (χ3n) is 7.54. The first-order chi connectivity index (χ1) is 16.9. The first-order valence-electron chi connectivity index (χ1n) is 11.8. The van der Waals surface area contributed by atoms with Crippen LogP contribution in [0.1, 0.15) is 13.3 Å². The maximum absolute atomic E-state index is 13.8. The molecule has 2 bridgehead atoms. The van der Waals surface area contributed by atoms with Crippen LogP contribution in [0.15, 0.2) is 54.6 Å². The summed E-state index contributed by atoms with van der Waals surface area (Å²) in [5.74, 6) is -1.16. The highest BCUT2D eigenvalue weighted by molar-refractivity contribution is 8.02. The summed E-state index contributed by atoms with van der Waals surface area (Å²) in [5, 5.41) is 15.6. The number of methoxy groups -OCH3 is 1. The molecule has 2 aromatic rings.